The van der Waals surface area contributed by atoms with Gasteiger partial charge in [-0.15, -0.1) is 0 Å². The molecule has 0 unspecified atom stereocenters. The van der Waals surface area contributed by atoms with Crippen LogP contribution in [0.25, 0.3) is 5.52 Å². The molecular weight excluding hydrogens is 352 g/mol. The van der Waals surface area contributed by atoms with Crippen LogP contribution in [-0.2, 0) is 10.0 Å². The number of nitrogens with one attached hydrogen (secondary N) is 1. The van der Waals surface area contributed by atoms with Crippen LogP contribution >= 0.6 is 0 Å². The summed E-state index contributed by atoms with van der Waals surface area (Å²) in [5.74, 6) is -0.305. The van der Waals surface area contributed by atoms with Gasteiger partial charge in [-0.05, 0) is 42.5 Å². The Kier molecular flexibility index (Phi) is 5.06. The number of aromatic nitrogens is 2. The molecule has 0 aliphatic heterocycles. The average molecular weight is 372 g/mol. The molecule has 1 amide bonds. The number of sulfonamides is 1. The standard InChI is InChI=1S/C18H20N4O3S/c1-3-21(4-2)26(24,25)17-7-5-14(6-8-17)18(23)20-15-10-12-22-16(13-15)9-11-19-22/h5-13H,3-4H2,1-2H3,(H,20,23). The first-order valence-corrected chi connectivity index (χ1v) is 9.74. The van der Waals surface area contributed by atoms with Gasteiger partial charge in [-0.2, -0.15) is 9.40 Å². The first-order valence-electron chi connectivity index (χ1n) is 8.30. The molecule has 136 valence electrons. The number of pyridine rings is 1. The van der Waals surface area contributed by atoms with Crippen molar-refractivity contribution < 1.29 is 13.2 Å². The molecule has 8 heteroatoms. The number of nitrogens with zero attached hydrogens (tertiary/aromatic N) is 3. The third-order valence-electron chi connectivity index (χ3n) is 4.12. The maximum atomic E-state index is 12.5. The highest BCUT2D eigenvalue weighted by Crippen LogP contribution is 2.17. The van der Waals surface area contributed by atoms with Crippen LogP contribution in [0.15, 0.2) is 59.8 Å². The minimum absolute atomic E-state index is 0.179. The van der Waals surface area contributed by atoms with E-state index in [0.29, 0.717) is 24.3 Å². The van der Waals surface area contributed by atoms with Crippen molar-refractivity contribution in [2.75, 3.05) is 18.4 Å². The van der Waals surface area contributed by atoms with Crippen molar-refractivity contribution >= 4 is 27.1 Å². The van der Waals surface area contributed by atoms with Crippen molar-refractivity contribution in [3.8, 4) is 0 Å². The molecule has 0 spiro atoms. The Balaban J connectivity index is 1.78. The van der Waals surface area contributed by atoms with Crippen molar-refractivity contribution in [2.24, 2.45) is 0 Å². The summed E-state index contributed by atoms with van der Waals surface area (Å²) in [5.41, 5.74) is 1.89. The number of hydrogen-bond donors (Lipinski definition) is 1. The Morgan fingerprint density at radius 2 is 1.81 bits per heavy atom. The summed E-state index contributed by atoms with van der Waals surface area (Å²) in [4.78, 5) is 12.6. The van der Waals surface area contributed by atoms with Crippen LogP contribution in [0.4, 0.5) is 5.69 Å². The Morgan fingerprint density at radius 3 is 2.46 bits per heavy atom. The second kappa shape index (κ2) is 7.27. The number of carbonyl (C=O) groups is 1. The summed E-state index contributed by atoms with van der Waals surface area (Å²) in [6.07, 6.45) is 3.43. The highest BCUT2D eigenvalue weighted by atomic mass is 32.2. The van der Waals surface area contributed by atoms with Crippen molar-refractivity contribution in [3.05, 3.63) is 60.4 Å². The van der Waals surface area contributed by atoms with Crippen LogP contribution < -0.4 is 5.32 Å². The molecule has 0 radical (unpaired) electrons. The number of fused-ring (bicyclic) bond motifs is 1. The van der Waals surface area contributed by atoms with E-state index in [1.807, 2.05) is 12.1 Å². The zero-order valence-electron chi connectivity index (χ0n) is 14.6. The number of carbonyl (C=O) groups excluding carboxylic acids is 1. The lowest BCUT2D eigenvalue weighted by Gasteiger charge is -2.18. The summed E-state index contributed by atoms with van der Waals surface area (Å²) in [6.45, 7) is 4.39. The van der Waals surface area contributed by atoms with Crippen molar-refractivity contribution in [1.82, 2.24) is 13.9 Å². The molecule has 2 heterocycles. The second-order valence-corrected chi connectivity index (χ2v) is 7.62. The smallest absolute Gasteiger partial charge is 0.255 e. The molecule has 2 aromatic heterocycles. The van der Waals surface area contributed by atoms with Crippen LogP contribution in [-0.4, -0.2) is 41.3 Å². The van der Waals surface area contributed by atoms with Gasteiger partial charge < -0.3 is 5.32 Å². The van der Waals surface area contributed by atoms with Crippen LogP contribution in [0.1, 0.15) is 24.2 Å². The molecule has 3 aromatic rings. The third-order valence-corrected chi connectivity index (χ3v) is 6.18. The van der Waals surface area contributed by atoms with Gasteiger partial charge in [-0.1, -0.05) is 13.8 Å². The molecule has 0 aliphatic rings. The van der Waals surface area contributed by atoms with E-state index in [2.05, 4.69) is 10.4 Å². The Hall–Kier alpha value is -2.71. The number of benzene rings is 1. The fourth-order valence-corrected chi connectivity index (χ4v) is 4.15. The van der Waals surface area contributed by atoms with Crippen molar-refractivity contribution in [1.29, 1.82) is 0 Å². The first kappa shape index (κ1) is 18.1. The van der Waals surface area contributed by atoms with Gasteiger partial charge in [0, 0.05) is 36.7 Å². The fourth-order valence-electron chi connectivity index (χ4n) is 2.69. The molecule has 0 saturated heterocycles. The van der Waals surface area contributed by atoms with Crippen molar-refractivity contribution in [3.63, 3.8) is 0 Å². The summed E-state index contributed by atoms with van der Waals surface area (Å²) in [5, 5.41) is 6.90. The van der Waals surface area contributed by atoms with Gasteiger partial charge in [0.05, 0.1) is 10.4 Å². The van der Waals surface area contributed by atoms with E-state index in [1.165, 1.54) is 28.6 Å². The van der Waals surface area contributed by atoms with E-state index < -0.39 is 10.0 Å². The molecule has 3 rings (SSSR count). The highest BCUT2D eigenvalue weighted by Gasteiger charge is 2.21. The summed E-state index contributed by atoms with van der Waals surface area (Å²) in [6, 6.07) is 11.3. The molecule has 0 aliphatic carbocycles. The zero-order chi connectivity index (χ0) is 18.7. The van der Waals surface area contributed by atoms with Gasteiger partial charge in [0.15, 0.2) is 0 Å². The molecule has 1 N–H and O–H groups in total. The molecule has 0 bridgehead atoms. The lowest BCUT2D eigenvalue weighted by atomic mass is 10.2. The van der Waals surface area contributed by atoms with E-state index in [0.717, 1.165) is 5.52 Å². The fraction of sp³-hybridized carbons (Fsp3) is 0.222. The predicted octanol–water partition coefficient (Wildman–Crippen LogP) is 2.62. The second-order valence-electron chi connectivity index (χ2n) is 5.68. The van der Waals surface area contributed by atoms with Gasteiger partial charge in [0.25, 0.3) is 5.91 Å². The van der Waals surface area contributed by atoms with E-state index >= 15 is 0 Å². The molecular formula is C18H20N4O3S. The molecule has 7 nitrogen and oxygen atoms in total. The van der Waals surface area contributed by atoms with Gasteiger partial charge >= 0.3 is 0 Å². The molecule has 26 heavy (non-hydrogen) atoms. The topological polar surface area (TPSA) is 83.8 Å². The summed E-state index contributed by atoms with van der Waals surface area (Å²) < 4.78 is 28.0. The predicted molar refractivity (Wildman–Crippen MR) is 99.7 cm³/mol. The van der Waals surface area contributed by atoms with Crippen LogP contribution in [0, 0.1) is 0 Å². The number of rotatable bonds is 6. The van der Waals surface area contributed by atoms with E-state index in [4.69, 9.17) is 0 Å². The minimum atomic E-state index is -3.53. The van der Waals surface area contributed by atoms with Crippen LogP contribution in [0.5, 0.6) is 0 Å². The summed E-state index contributed by atoms with van der Waals surface area (Å²) in [7, 11) is -3.53. The molecule has 1 aromatic carbocycles. The van der Waals surface area contributed by atoms with Crippen molar-refractivity contribution in [2.45, 2.75) is 18.7 Å². The number of hydrogen-bond acceptors (Lipinski definition) is 4. The average Bonchev–Trinajstić information content (AvgIpc) is 3.10. The first-order chi connectivity index (χ1) is 12.5. The SMILES string of the molecule is CCN(CC)S(=O)(=O)c1ccc(C(=O)Nc2ccn3nccc3c2)cc1. The third kappa shape index (κ3) is 3.47. The van der Waals surface area contributed by atoms with Crippen LogP contribution in [0.2, 0.25) is 0 Å². The molecule has 0 atom stereocenters. The summed E-state index contributed by atoms with van der Waals surface area (Å²) >= 11 is 0. The molecule has 0 fully saturated rings. The van der Waals surface area contributed by atoms with Gasteiger partial charge in [-0.25, -0.2) is 12.9 Å². The monoisotopic (exact) mass is 372 g/mol. The largest absolute Gasteiger partial charge is 0.322 e. The Bertz CT molecular complexity index is 1020. The highest BCUT2D eigenvalue weighted by molar-refractivity contribution is 7.89. The molecule has 0 saturated carbocycles. The van der Waals surface area contributed by atoms with E-state index in [1.54, 1.807) is 36.8 Å². The Morgan fingerprint density at radius 1 is 1.12 bits per heavy atom. The maximum Gasteiger partial charge on any atom is 0.255 e. The maximum absolute atomic E-state index is 12.5. The van der Waals surface area contributed by atoms with Gasteiger partial charge in [0.1, 0.15) is 0 Å². The number of amides is 1. The van der Waals surface area contributed by atoms with E-state index in [9.17, 15) is 13.2 Å². The zero-order valence-corrected chi connectivity index (χ0v) is 15.4. The minimum Gasteiger partial charge on any atom is -0.322 e. The Labute approximate surface area is 152 Å². The lowest BCUT2D eigenvalue weighted by Crippen LogP contribution is -2.30. The quantitative estimate of drug-likeness (QED) is 0.721. The van der Waals surface area contributed by atoms with Gasteiger partial charge in [0.2, 0.25) is 10.0 Å². The normalized spacial score (nSPS) is 11.8. The number of anilines is 1. The van der Waals surface area contributed by atoms with Crippen LogP contribution in [0.3, 0.4) is 0 Å². The van der Waals surface area contributed by atoms with Gasteiger partial charge in [-0.3, -0.25) is 4.79 Å². The lowest BCUT2D eigenvalue weighted by molar-refractivity contribution is 0.102. The van der Waals surface area contributed by atoms with E-state index in [-0.39, 0.29) is 10.8 Å².